The Bertz CT molecular complexity index is 985. The number of carbonyl (C=O) groups excluding carboxylic acids is 1. The number of carbonyl (C=O) groups is 1. The maximum Gasteiger partial charge on any atom is 0.347 e. The largest absolute Gasteiger partial charge is 0.476 e. The number of rotatable bonds is 3. The van der Waals surface area contributed by atoms with Crippen LogP contribution in [0.15, 0.2) is 34.9 Å². The molecule has 1 aromatic heterocycles. The van der Waals surface area contributed by atoms with Crippen molar-refractivity contribution in [2.45, 2.75) is 19.4 Å². The molecule has 0 bridgehead atoms. The second-order valence-corrected chi connectivity index (χ2v) is 6.01. The lowest BCUT2D eigenvalue weighted by Gasteiger charge is -2.09. The van der Waals surface area contributed by atoms with Crippen molar-refractivity contribution in [2.75, 3.05) is 6.61 Å². The molecule has 0 radical (unpaired) electrons. The zero-order valence-corrected chi connectivity index (χ0v) is 14.0. The minimum atomic E-state index is -0.746. The molecule has 0 saturated heterocycles. The minimum absolute atomic E-state index is 0.217. The standard InChI is InChI=1S/C18H13ClFNO4/c1-2-23-18(22)13-8-9-7-11-15(10-5-3-4-6-12(10)20)21-25-17(11)14(19)16(9)24-13/h3-7,13H,2,8H2,1H3. The van der Waals surface area contributed by atoms with Gasteiger partial charge in [0.15, 0.2) is 11.7 Å². The zero-order valence-electron chi connectivity index (χ0n) is 13.2. The molecule has 3 aromatic rings. The minimum Gasteiger partial charge on any atom is -0.476 e. The highest BCUT2D eigenvalue weighted by Gasteiger charge is 2.34. The molecule has 7 heteroatoms. The van der Waals surface area contributed by atoms with Gasteiger partial charge in [0.1, 0.15) is 22.3 Å². The van der Waals surface area contributed by atoms with E-state index >= 15 is 0 Å². The summed E-state index contributed by atoms with van der Waals surface area (Å²) >= 11 is 6.37. The molecule has 1 unspecified atom stereocenters. The number of hydrogen-bond acceptors (Lipinski definition) is 5. The van der Waals surface area contributed by atoms with E-state index in [9.17, 15) is 9.18 Å². The molecular formula is C18H13ClFNO4. The third-order valence-corrected chi connectivity index (χ3v) is 4.42. The molecule has 1 aliphatic rings. The highest BCUT2D eigenvalue weighted by Crippen LogP contribution is 2.44. The average molecular weight is 362 g/mol. The van der Waals surface area contributed by atoms with Crippen molar-refractivity contribution in [3.8, 4) is 17.0 Å². The first-order valence-corrected chi connectivity index (χ1v) is 8.17. The van der Waals surface area contributed by atoms with E-state index in [4.69, 9.17) is 25.6 Å². The molecule has 0 amide bonds. The molecule has 128 valence electrons. The fraction of sp³-hybridized carbons (Fsp3) is 0.222. The third-order valence-electron chi connectivity index (χ3n) is 4.08. The highest BCUT2D eigenvalue weighted by molar-refractivity contribution is 6.37. The van der Waals surface area contributed by atoms with Gasteiger partial charge in [0.05, 0.1) is 12.0 Å². The van der Waals surface area contributed by atoms with Crippen LogP contribution in [0.4, 0.5) is 4.39 Å². The van der Waals surface area contributed by atoms with Crippen molar-refractivity contribution in [1.29, 1.82) is 0 Å². The average Bonchev–Trinajstić information content (AvgIpc) is 3.21. The smallest absolute Gasteiger partial charge is 0.347 e. The summed E-state index contributed by atoms with van der Waals surface area (Å²) in [7, 11) is 0. The fourth-order valence-corrected chi connectivity index (χ4v) is 3.25. The molecule has 0 fully saturated rings. The van der Waals surface area contributed by atoms with Gasteiger partial charge in [0.25, 0.3) is 0 Å². The van der Waals surface area contributed by atoms with Crippen LogP contribution in [0.5, 0.6) is 5.75 Å². The summed E-state index contributed by atoms with van der Waals surface area (Å²) in [6, 6.07) is 8.06. The van der Waals surface area contributed by atoms with E-state index in [2.05, 4.69) is 5.16 Å². The number of aromatic nitrogens is 1. The molecule has 0 saturated carbocycles. The quantitative estimate of drug-likeness (QED) is 0.656. The molecular weight excluding hydrogens is 349 g/mol. The van der Waals surface area contributed by atoms with Gasteiger partial charge in [-0.1, -0.05) is 28.9 Å². The molecule has 0 aliphatic carbocycles. The maximum absolute atomic E-state index is 14.1. The van der Waals surface area contributed by atoms with Crippen LogP contribution in [0.2, 0.25) is 5.02 Å². The Labute approximate surface area is 147 Å². The van der Waals surface area contributed by atoms with Crippen molar-refractivity contribution in [2.24, 2.45) is 0 Å². The van der Waals surface area contributed by atoms with Gasteiger partial charge in [-0.15, -0.1) is 0 Å². The van der Waals surface area contributed by atoms with Gasteiger partial charge in [-0.3, -0.25) is 0 Å². The van der Waals surface area contributed by atoms with Gasteiger partial charge in [-0.25, -0.2) is 9.18 Å². The first kappa shape index (κ1) is 15.9. The Hall–Kier alpha value is -2.60. The Morgan fingerprint density at radius 1 is 1.44 bits per heavy atom. The molecule has 2 aromatic carbocycles. The van der Waals surface area contributed by atoms with Crippen molar-refractivity contribution < 1.29 is 23.2 Å². The SMILES string of the molecule is CCOC(=O)C1Cc2cc3c(-c4ccccc4F)noc3c(Cl)c2O1. The predicted octanol–water partition coefficient (Wildman–Crippen LogP) is 4.15. The van der Waals surface area contributed by atoms with Crippen LogP contribution in [0.1, 0.15) is 12.5 Å². The van der Waals surface area contributed by atoms with E-state index in [0.717, 1.165) is 5.56 Å². The Morgan fingerprint density at radius 2 is 2.24 bits per heavy atom. The molecule has 25 heavy (non-hydrogen) atoms. The number of halogens is 2. The zero-order chi connectivity index (χ0) is 17.6. The number of ether oxygens (including phenoxy) is 2. The molecule has 2 heterocycles. The summed E-state index contributed by atoms with van der Waals surface area (Å²) in [5, 5.41) is 4.75. The third kappa shape index (κ3) is 2.53. The van der Waals surface area contributed by atoms with Gasteiger partial charge < -0.3 is 14.0 Å². The van der Waals surface area contributed by atoms with Crippen molar-refractivity contribution >= 4 is 28.5 Å². The number of fused-ring (bicyclic) bond motifs is 2. The Morgan fingerprint density at radius 3 is 3.00 bits per heavy atom. The first-order valence-electron chi connectivity index (χ1n) is 7.79. The molecule has 4 rings (SSSR count). The van der Waals surface area contributed by atoms with E-state index in [1.807, 2.05) is 0 Å². The Kier molecular flexibility index (Phi) is 3.84. The van der Waals surface area contributed by atoms with E-state index in [1.54, 1.807) is 31.2 Å². The number of benzene rings is 2. The molecule has 1 aliphatic heterocycles. The number of hydrogen-bond donors (Lipinski definition) is 0. The second-order valence-electron chi connectivity index (χ2n) is 5.63. The highest BCUT2D eigenvalue weighted by atomic mass is 35.5. The van der Waals surface area contributed by atoms with Crippen LogP contribution in [0, 0.1) is 5.82 Å². The van der Waals surface area contributed by atoms with E-state index in [0.29, 0.717) is 34.4 Å². The van der Waals surface area contributed by atoms with Gasteiger partial charge in [-0.2, -0.15) is 0 Å². The summed E-state index contributed by atoms with van der Waals surface area (Å²) in [6.45, 7) is 2.00. The predicted molar refractivity (Wildman–Crippen MR) is 89.2 cm³/mol. The summed E-state index contributed by atoms with van der Waals surface area (Å²) in [5.41, 5.74) is 1.70. The first-order chi connectivity index (χ1) is 12.1. The number of nitrogens with zero attached hydrogens (tertiary/aromatic N) is 1. The molecule has 1 atom stereocenters. The van der Waals surface area contributed by atoms with Crippen LogP contribution < -0.4 is 4.74 Å². The number of esters is 1. The Balaban J connectivity index is 1.81. The lowest BCUT2D eigenvalue weighted by Crippen LogP contribution is -2.27. The van der Waals surface area contributed by atoms with E-state index in [1.165, 1.54) is 6.07 Å². The van der Waals surface area contributed by atoms with E-state index in [-0.39, 0.29) is 11.6 Å². The van der Waals surface area contributed by atoms with Crippen LogP contribution in [0.3, 0.4) is 0 Å². The maximum atomic E-state index is 14.1. The van der Waals surface area contributed by atoms with E-state index < -0.39 is 17.9 Å². The molecule has 0 spiro atoms. The topological polar surface area (TPSA) is 61.6 Å². The summed E-state index contributed by atoms with van der Waals surface area (Å²) in [4.78, 5) is 11.9. The van der Waals surface area contributed by atoms with Gasteiger partial charge in [-0.05, 0) is 25.1 Å². The lowest BCUT2D eigenvalue weighted by atomic mass is 10.0. The second kappa shape index (κ2) is 6.04. The van der Waals surface area contributed by atoms with Crippen molar-refractivity contribution in [3.63, 3.8) is 0 Å². The van der Waals surface area contributed by atoms with Crippen LogP contribution in [0.25, 0.3) is 22.2 Å². The van der Waals surface area contributed by atoms with Crippen LogP contribution >= 0.6 is 11.6 Å². The van der Waals surface area contributed by atoms with Gasteiger partial charge in [0, 0.05) is 17.5 Å². The summed E-state index contributed by atoms with van der Waals surface area (Å²) in [5.74, 6) is -0.475. The monoisotopic (exact) mass is 361 g/mol. The molecule has 5 nitrogen and oxygen atoms in total. The molecule has 0 N–H and O–H groups in total. The van der Waals surface area contributed by atoms with Crippen LogP contribution in [-0.4, -0.2) is 23.8 Å². The van der Waals surface area contributed by atoms with Crippen molar-refractivity contribution in [1.82, 2.24) is 5.16 Å². The van der Waals surface area contributed by atoms with Crippen molar-refractivity contribution in [3.05, 3.63) is 46.7 Å². The van der Waals surface area contributed by atoms with Crippen LogP contribution in [-0.2, 0) is 16.0 Å². The van der Waals surface area contributed by atoms with Gasteiger partial charge in [0.2, 0.25) is 0 Å². The normalized spacial score (nSPS) is 15.9. The van der Waals surface area contributed by atoms with Gasteiger partial charge >= 0.3 is 5.97 Å². The fourth-order valence-electron chi connectivity index (χ4n) is 2.95. The summed E-state index contributed by atoms with van der Waals surface area (Å²) in [6.07, 6.45) is -0.421. The lowest BCUT2D eigenvalue weighted by molar-refractivity contribution is -0.150. The summed E-state index contributed by atoms with van der Waals surface area (Å²) < 4.78 is 30.0.